The van der Waals surface area contributed by atoms with Gasteiger partial charge < -0.3 is 26.6 Å². The normalized spacial score (nSPS) is 14.5. The maximum absolute atomic E-state index is 13.2. The topological polar surface area (TPSA) is 134 Å². The minimum Gasteiger partial charge on any atom is -0.352 e. The van der Waals surface area contributed by atoms with Gasteiger partial charge in [0.1, 0.15) is 23.3 Å². The van der Waals surface area contributed by atoms with E-state index in [0.717, 1.165) is 5.56 Å². The second-order valence-corrected chi connectivity index (χ2v) is 7.18. The summed E-state index contributed by atoms with van der Waals surface area (Å²) in [5.41, 5.74) is 6.09. The zero-order valence-corrected chi connectivity index (χ0v) is 16.8. The zero-order chi connectivity index (χ0) is 21.8. The molecule has 31 heavy (non-hydrogen) atoms. The molecule has 5 N–H and O–H groups in total. The quantitative estimate of drug-likeness (QED) is 0.454. The van der Waals surface area contributed by atoms with Crippen molar-refractivity contribution in [1.82, 2.24) is 25.3 Å². The van der Waals surface area contributed by atoms with Crippen molar-refractivity contribution in [3.8, 4) is 0 Å². The van der Waals surface area contributed by atoms with Crippen LogP contribution in [0.25, 0.3) is 0 Å². The van der Waals surface area contributed by atoms with Gasteiger partial charge in [0.05, 0.1) is 18.3 Å². The van der Waals surface area contributed by atoms with Crippen LogP contribution in [0, 0.1) is 5.82 Å². The first-order chi connectivity index (χ1) is 15.0. The number of anilines is 4. The SMILES string of the molecule is C[C@H](Nc1nc(Nc2cnccn2)cc(N2CC(NC(N)=O)C2)n1)c1ccc(F)cc1. The minimum atomic E-state index is -0.548. The average Bonchev–Trinajstić information content (AvgIpc) is 2.71. The molecule has 2 amide bonds. The number of benzene rings is 1. The fourth-order valence-corrected chi connectivity index (χ4v) is 3.21. The van der Waals surface area contributed by atoms with Crippen LogP contribution >= 0.6 is 0 Å². The molecule has 0 radical (unpaired) electrons. The molecule has 3 heterocycles. The van der Waals surface area contributed by atoms with E-state index in [1.807, 2.05) is 11.8 Å². The van der Waals surface area contributed by atoms with Gasteiger partial charge in [-0.2, -0.15) is 9.97 Å². The fraction of sp³-hybridized carbons (Fsp3) is 0.250. The van der Waals surface area contributed by atoms with Crippen LogP contribution in [0.5, 0.6) is 0 Å². The van der Waals surface area contributed by atoms with Crippen LogP contribution in [0.2, 0.25) is 0 Å². The number of nitrogens with zero attached hydrogens (tertiary/aromatic N) is 5. The number of nitrogens with one attached hydrogen (secondary N) is 3. The van der Waals surface area contributed by atoms with Crippen LogP contribution in [0.1, 0.15) is 18.5 Å². The van der Waals surface area contributed by atoms with Gasteiger partial charge >= 0.3 is 6.03 Å². The second-order valence-electron chi connectivity index (χ2n) is 7.18. The smallest absolute Gasteiger partial charge is 0.312 e. The molecule has 2 aromatic heterocycles. The molecule has 11 heteroatoms. The van der Waals surface area contributed by atoms with Crippen LogP contribution in [-0.2, 0) is 0 Å². The van der Waals surface area contributed by atoms with E-state index in [1.165, 1.54) is 12.1 Å². The number of urea groups is 1. The van der Waals surface area contributed by atoms with Gasteiger partial charge in [0.2, 0.25) is 5.95 Å². The monoisotopic (exact) mass is 423 g/mol. The number of aromatic nitrogens is 4. The molecular weight excluding hydrogens is 401 g/mol. The highest BCUT2D eigenvalue weighted by Gasteiger charge is 2.29. The van der Waals surface area contributed by atoms with Gasteiger partial charge in [0.15, 0.2) is 0 Å². The molecule has 0 spiro atoms. The first-order valence-electron chi connectivity index (χ1n) is 9.71. The lowest BCUT2D eigenvalue weighted by Crippen LogP contribution is -2.60. The Morgan fingerprint density at radius 1 is 1.19 bits per heavy atom. The molecule has 3 aromatic rings. The molecule has 1 aliphatic rings. The van der Waals surface area contributed by atoms with Crippen molar-refractivity contribution in [2.24, 2.45) is 5.73 Å². The third-order valence-electron chi connectivity index (χ3n) is 4.80. The standard InChI is InChI=1S/C20H22FN9O/c1-12(13-2-4-14(21)5-3-13)25-20-28-16(27-17-9-23-6-7-24-17)8-18(29-20)30-10-15(11-30)26-19(22)31/h2-9,12,15H,10-11H2,1H3,(H3,22,26,31)(H2,24,25,27,28,29)/t12-/m0/s1. The highest BCUT2D eigenvalue weighted by Crippen LogP contribution is 2.26. The van der Waals surface area contributed by atoms with Crippen molar-refractivity contribution in [3.05, 3.63) is 60.3 Å². The van der Waals surface area contributed by atoms with Gasteiger partial charge in [-0.3, -0.25) is 4.98 Å². The molecule has 1 aromatic carbocycles. The lowest BCUT2D eigenvalue weighted by molar-refractivity contribution is 0.242. The van der Waals surface area contributed by atoms with Gasteiger partial charge in [-0.1, -0.05) is 12.1 Å². The zero-order valence-electron chi connectivity index (χ0n) is 16.8. The highest BCUT2D eigenvalue weighted by atomic mass is 19.1. The number of rotatable bonds is 7. The third kappa shape index (κ3) is 5.13. The number of carbonyl (C=O) groups excluding carboxylic acids is 1. The van der Waals surface area contributed by atoms with Crippen LogP contribution in [0.4, 0.5) is 32.6 Å². The third-order valence-corrected chi connectivity index (χ3v) is 4.80. The predicted octanol–water partition coefficient (Wildman–Crippen LogP) is 2.18. The van der Waals surface area contributed by atoms with Crippen molar-refractivity contribution in [3.63, 3.8) is 0 Å². The Balaban J connectivity index is 1.55. The molecule has 0 saturated carbocycles. The molecule has 0 unspecified atom stereocenters. The lowest BCUT2D eigenvalue weighted by Gasteiger charge is -2.40. The molecule has 0 aliphatic carbocycles. The van der Waals surface area contributed by atoms with Crippen molar-refractivity contribution in [2.75, 3.05) is 28.6 Å². The Morgan fingerprint density at radius 2 is 1.97 bits per heavy atom. The molecule has 1 saturated heterocycles. The van der Waals surface area contributed by atoms with Gasteiger partial charge in [-0.05, 0) is 24.6 Å². The van der Waals surface area contributed by atoms with Gasteiger partial charge in [0.25, 0.3) is 0 Å². The number of carbonyl (C=O) groups is 1. The molecule has 1 aliphatic heterocycles. The van der Waals surface area contributed by atoms with E-state index in [0.29, 0.717) is 36.5 Å². The number of primary amides is 1. The first-order valence-corrected chi connectivity index (χ1v) is 9.71. The number of hydrogen-bond acceptors (Lipinski definition) is 8. The summed E-state index contributed by atoms with van der Waals surface area (Å²) in [7, 11) is 0. The highest BCUT2D eigenvalue weighted by molar-refractivity contribution is 5.72. The fourth-order valence-electron chi connectivity index (χ4n) is 3.21. The summed E-state index contributed by atoms with van der Waals surface area (Å²) in [6.45, 7) is 3.10. The van der Waals surface area contributed by atoms with Crippen molar-refractivity contribution >= 4 is 29.4 Å². The summed E-state index contributed by atoms with van der Waals surface area (Å²) in [6.07, 6.45) is 4.75. The Bertz CT molecular complexity index is 1040. The molecule has 1 fully saturated rings. The maximum atomic E-state index is 13.2. The Hall–Kier alpha value is -4.02. The Kier molecular flexibility index (Phi) is 5.74. The van der Waals surface area contributed by atoms with Gasteiger partial charge in [-0.15, -0.1) is 0 Å². The number of hydrogen-bond donors (Lipinski definition) is 4. The van der Waals surface area contributed by atoms with Gasteiger partial charge in [-0.25, -0.2) is 14.2 Å². The molecule has 160 valence electrons. The van der Waals surface area contributed by atoms with E-state index < -0.39 is 6.03 Å². The molecule has 4 rings (SSSR count). The van der Waals surface area contributed by atoms with Crippen LogP contribution < -0.4 is 26.6 Å². The first kappa shape index (κ1) is 20.3. The van der Waals surface area contributed by atoms with E-state index in [-0.39, 0.29) is 17.9 Å². The number of amides is 2. The van der Waals surface area contributed by atoms with Crippen molar-refractivity contribution in [2.45, 2.75) is 19.0 Å². The molecular formula is C20H22FN9O. The van der Waals surface area contributed by atoms with E-state index in [1.54, 1.807) is 36.8 Å². The number of nitrogens with two attached hydrogens (primary N) is 1. The average molecular weight is 423 g/mol. The molecule has 0 bridgehead atoms. The molecule has 1 atom stereocenters. The summed E-state index contributed by atoms with van der Waals surface area (Å²) in [5, 5.41) is 9.05. The summed E-state index contributed by atoms with van der Waals surface area (Å²) >= 11 is 0. The summed E-state index contributed by atoms with van der Waals surface area (Å²) in [5.74, 6) is 1.86. The minimum absolute atomic E-state index is 0.0292. The second kappa shape index (κ2) is 8.78. The molecule has 10 nitrogen and oxygen atoms in total. The Labute approximate surface area is 178 Å². The van der Waals surface area contributed by atoms with E-state index in [4.69, 9.17) is 5.73 Å². The lowest BCUT2D eigenvalue weighted by atomic mass is 10.1. The van der Waals surface area contributed by atoms with E-state index in [9.17, 15) is 9.18 Å². The summed E-state index contributed by atoms with van der Waals surface area (Å²) < 4.78 is 13.2. The van der Waals surface area contributed by atoms with Crippen LogP contribution in [-0.4, -0.2) is 45.1 Å². The predicted molar refractivity (Wildman–Crippen MR) is 115 cm³/mol. The van der Waals surface area contributed by atoms with E-state index >= 15 is 0 Å². The largest absolute Gasteiger partial charge is 0.352 e. The maximum Gasteiger partial charge on any atom is 0.312 e. The van der Waals surface area contributed by atoms with Gasteiger partial charge in [0, 0.05) is 31.5 Å². The van der Waals surface area contributed by atoms with Crippen LogP contribution in [0.3, 0.4) is 0 Å². The summed E-state index contributed by atoms with van der Waals surface area (Å²) in [4.78, 5) is 30.4. The number of halogens is 1. The van der Waals surface area contributed by atoms with Crippen molar-refractivity contribution in [1.29, 1.82) is 0 Å². The van der Waals surface area contributed by atoms with Crippen LogP contribution in [0.15, 0.2) is 48.9 Å². The summed E-state index contributed by atoms with van der Waals surface area (Å²) in [6, 6.07) is 7.32. The van der Waals surface area contributed by atoms with E-state index in [2.05, 4.69) is 35.9 Å². The Morgan fingerprint density at radius 3 is 2.65 bits per heavy atom. The van der Waals surface area contributed by atoms with Crippen molar-refractivity contribution < 1.29 is 9.18 Å².